The van der Waals surface area contributed by atoms with Crippen molar-refractivity contribution in [2.45, 2.75) is 38.6 Å². The zero-order chi connectivity index (χ0) is 23.4. The van der Waals surface area contributed by atoms with E-state index in [1.54, 1.807) is 0 Å². The molecule has 1 N–H and O–H groups in total. The lowest BCUT2D eigenvalue weighted by Gasteiger charge is -2.31. The van der Waals surface area contributed by atoms with Crippen molar-refractivity contribution in [3.63, 3.8) is 0 Å². The average Bonchev–Trinajstić information content (AvgIpc) is 3.32. The second kappa shape index (κ2) is 10.7. The second-order valence-corrected chi connectivity index (χ2v) is 9.96. The molecule has 3 aromatic rings. The molecule has 2 aromatic carbocycles. The summed E-state index contributed by atoms with van der Waals surface area (Å²) < 4.78 is 0. The summed E-state index contributed by atoms with van der Waals surface area (Å²) in [6.07, 6.45) is 1.99. The lowest BCUT2D eigenvalue weighted by Crippen LogP contribution is -2.38. The van der Waals surface area contributed by atoms with Crippen LogP contribution in [0, 0.1) is 6.92 Å². The monoisotopic (exact) mass is 501 g/mol. The van der Waals surface area contributed by atoms with Gasteiger partial charge in [-0.1, -0.05) is 53.5 Å². The third kappa shape index (κ3) is 5.94. The summed E-state index contributed by atoms with van der Waals surface area (Å²) in [6, 6.07) is 13.2. The van der Waals surface area contributed by atoms with Crippen LogP contribution in [-0.2, 0) is 17.8 Å². The van der Waals surface area contributed by atoms with Crippen LogP contribution in [0.3, 0.4) is 0 Å². The van der Waals surface area contributed by atoms with Crippen LogP contribution < -0.4 is 5.32 Å². The smallest absolute Gasteiger partial charge is 0.271 e. The van der Waals surface area contributed by atoms with E-state index in [0.29, 0.717) is 41.8 Å². The number of amides is 2. The maximum absolute atomic E-state index is 12.7. The zero-order valence-corrected chi connectivity index (χ0v) is 20.6. The first-order valence-electron chi connectivity index (χ1n) is 10.9. The van der Waals surface area contributed by atoms with E-state index in [9.17, 15) is 9.59 Å². The van der Waals surface area contributed by atoms with Gasteiger partial charge in [-0.25, -0.2) is 4.98 Å². The quantitative estimate of drug-likeness (QED) is 0.475. The normalized spacial score (nSPS) is 14.3. The molecule has 1 aliphatic heterocycles. The van der Waals surface area contributed by atoms with E-state index in [1.165, 1.54) is 11.3 Å². The predicted octanol–water partition coefficient (Wildman–Crippen LogP) is 5.64. The van der Waals surface area contributed by atoms with E-state index >= 15 is 0 Å². The third-order valence-electron chi connectivity index (χ3n) is 5.94. The van der Waals surface area contributed by atoms with Gasteiger partial charge in [-0.15, -0.1) is 11.3 Å². The van der Waals surface area contributed by atoms with Gasteiger partial charge in [0.1, 0.15) is 5.69 Å². The molecule has 4 rings (SSSR count). The summed E-state index contributed by atoms with van der Waals surface area (Å²) in [5.41, 5.74) is 3.25. The topological polar surface area (TPSA) is 62.3 Å². The first kappa shape index (κ1) is 23.7. The highest BCUT2D eigenvalue weighted by molar-refractivity contribution is 7.09. The third-order valence-corrected chi connectivity index (χ3v) is 7.72. The Morgan fingerprint density at radius 1 is 1.12 bits per heavy atom. The van der Waals surface area contributed by atoms with Crippen molar-refractivity contribution in [3.05, 3.63) is 85.3 Å². The molecule has 0 spiro atoms. The fraction of sp³-hybridized carbons (Fsp3) is 0.320. The highest BCUT2D eigenvalue weighted by Crippen LogP contribution is 2.31. The molecule has 1 saturated heterocycles. The standard InChI is InChI=1S/C25H25Cl2N3O2S/c1-16-6-7-17(12-21(16)27)14-28-24(32)22-15-33-25(29-22)18-8-10-30(11-9-18)23(31)13-19-4-2-3-5-20(19)26/h2-7,12,15,18H,8-11,13-14H2,1H3,(H,28,32). The number of aromatic nitrogens is 1. The van der Waals surface area contributed by atoms with Gasteiger partial charge in [0.25, 0.3) is 5.91 Å². The molecular formula is C25H25Cl2N3O2S. The lowest BCUT2D eigenvalue weighted by molar-refractivity contribution is -0.131. The van der Waals surface area contributed by atoms with Gasteiger partial charge < -0.3 is 10.2 Å². The van der Waals surface area contributed by atoms with Crippen molar-refractivity contribution in [1.29, 1.82) is 0 Å². The molecular weight excluding hydrogens is 477 g/mol. The number of carbonyl (C=O) groups excluding carboxylic acids is 2. The number of piperidine rings is 1. The van der Waals surface area contributed by atoms with Crippen LogP contribution in [0.1, 0.15) is 50.9 Å². The largest absolute Gasteiger partial charge is 0.347 e. The molecule has 2 amide bonds. The van der Waals surface area contributed by atoms with Crippen molar-refractivity contribution in [3.8, 4) is 0 Å². The van der Waals surface area contributed by atoms with Crippen molar-refractivity contribution < 1.29 is 9.59 Å². The van der Waals surface area contributed by atoms with E-state index in [-0.39, 0.29) is 17.7 Å². The van der Waals surface area contributed by atoms with Gasteiger partial charge in [0.15, 0.2) is 0 Å². The molecule has 0 bridgehead atoms. The molecule has 1 fully saturated rings. The summed E-state index contributed by atoms with van der Waals surface area (Å²) in [5, 5.41) is 6.99. The number of nitrogens with one attached hydrogen (secondary N) is 1. The molecule has 1 aromatic heterocycles. The summed E-state index contributed by atoms with van der Waals surface area (Å²) in [7, 11) is 0. The van der Waals surface area contributed by atoms with E-state index in [0.717, 1.165) is 34.5 Å². The van der Waals surface area contributed by atoms with Crippen molar-refractivity contribution >= 4 is 46.4 Å². The first-order valence-corrected chi connectivity index (χ1v) is 12.5. The van der Waals surface area contributed by atoms with Gasteiger partial charge in [0.2, 0.25) is 5.91 Å². The van der Waals surface area contributed by atoms with Crippen LogP contribution in [0.4, 0.5) is 0 Å². The Morgan fingerprint density at radius 3 is 2.61 bits per heavy atom. The van der Waals surface area contributed by atoms with Gasteiger partial charge in [-0.3, -0.25) is 9.59 Å². The fourth-order valence-electron chi connectivity index (χ4n) is 3.89. The number of aryl methyl sites for hydroxylation is 1. The summed E-state index contributed by atoms with van der Waals surface area (Å²) >= 11 is 13.9. The van der Waals surface area contributed by atoms with Crippen LogP contribution in [-0.4, -0.2) is 34.8 Å². The fourth-order valence-corrected chi connectivity index (χ4v) is 5.27. The molecule has 0 atom stereocenters. The number of carbonyl (C=O) groups is 2. The Morgan fingerprint density at radius 2 is 1.88 bits per heavy atom. The number of hydrogen-bond donors (Lipinski definition) is 1. The van der Waals surface area contributed by atoms with Crippen molar-refractivity contribution in [2.24, 2.45) is 0 Å². The van der Waals surface area contributed by atoms with Crippen LogP contribution in [0.5, 0.6) is 0 Å². The Bertz CT molecular complexity index is 1160. The Labute approximate surface area is 207 Å². The van der Waals surface area contributed by atoms with Gasteiger partial charge >= 0.3 is 0 Å². The van der Waals surface area contributed by atoms with Crippen LogP contribution in [0.15, 0.2) is 47.8 Å². The Balaban J connectivity index is 1.28. The number of halogens is 2. The number of benzene rings is 2. The minimum absolute atomic E-state index is 0.0944. The minimum atomic E-state index is -0.193. The van der Waals surface area contributed by atoms with Crippen molar-refractivity contribution in [2.75, 3.05) is 13.1 Å². The zero-order valence-electron chi connectivity index (χ0n) is 18.3. The minimum Gasteiger partial charge on any atom is -0.347 e. The molecule has 172 valence electrons. The molecule has 0 radical (unpaired) electrons. The number of rotatable bonds is 6. The molecule has 8 heteroatoms. The summed E-state index contributed by atoms with van der Waals surface area (Å²) in [5.74, 6) is 0.162. The molecule has 0 unspecified atom stereocenters. The van der Waals surface area contributed by atoms with Crippen LogP contribution >= 0.6 is 34.5 Å². The van der Waals surface area contributed by atoms with Gasteiger partial charge in [-0.2, -0.15) is 0 Å². The lowest BCUT2D eigenvalue weighted by atomic mass is 9.97. The molecule has 2 heterocycles. The summed E-state index contributed by atoms with van der Waals surface area (Å²) in [4.78, 5) is 31.7. The van der Waals surface area contributed by atoms with Crippen molar-refractivity contribution in [1.82, 2.24) is 15.2 Å². The second-order valence-electron chi connectivity index (χ2n) is 8.26. The van der Waals surface area contributed by atoms with E-state index in [4.69, 9.17) is 23.2 Å². The van der Waals surface area contributed by atoms with Gasteiger partial charge in [0, 0.05) is 41.0 Å². The number of likely N-dealkylation sites (tertiary alicyclic amines) is 1. The SMILES string of the molecule is Cc1ccc(CNC(=O)c2csc(C3CCN(C(=O)Cc4ccccc4Cl)CC3)n2)cc1Cl. The number of hydrogen-bond acceptors (Lipinski definition) is 4. The molecule has 1 aliphatic rings. The highest BCUT2D eigenvalue weighted by Gasteiger charge is 2.26. The van der Waals surface area contributed by atoms with Gasteiger partial charge in [0.05, 0.1) is 11.4 Å². The van der Waals surface area contributed by atoms with Crippen LogP contribution in [0.25, 0.3) is 0 Å². The Kier molecular flexibility index (Phi) is 7.68. The summed E-state index contributed by atoms with van der Waals surface area (Å²) in [6.45, 7) is 3.71. The highest BCUT2D eigenvalue weighted by atomic mass is 35.5. The number of nitrogens with zero attached hydrogens (tertiary/aromatic N) is 2. The van der Waals surface area contributed by atoms with E-state index in [2.05, 4.69) is 10.3 Å². The van der Waals surface area contributed by atoms with E-state index in [1.807, 2.05) is 59.7 Å². The molecule has 0 saturated carbocycles. The number of thiazole rings is 1. The van der Waals surface area contributed by atoms with E-state index < -0.39 is 0 Å². The molecule has 5 nitrogen and oxygen atoms in total. The van der Waals surface area contributed by atoms with Gasteiger partial charge in [-0.05, 0) is 48.6 Å². The average molecular weight is 502 g/mol. The maximum atomic E-state index is 12.7. The molecule has 0 aliphatic carbocycles. The van der Waals surface area contributed by atoms with Crippen LogP contribution in [0.2, 0.25) is 10.0 Å². The Hall–Kier alpha value is -2.41. The molecule has 33 heavy (non-hydrogen) atoms. The predicted molar refractivity (Wildman–Crippen MR) is 133 cm³/mol. The first-order chi connectivity index (χ1) is 15.9. The maximum Gasteiger partial charge on any atom is 0.271 e.